The van der Waals surface area contributed by atoms with Gasteiger partial charge in [0.05, 0.1) is 29.5 Å². The lowest BCUT2D eigenvalue weighted by Gasteiger charge is -2.16. The predicted molar refractivity (Wildman–Crippen MR) is 126 cm³/mol. The van der Waals surface area contributed by atoms with E-state index in [1.165, 1.54) is 11.3 Å². The summed E-state index contributed by atoms with van der Waals surface area (Å²) in [6, 6.07) is 11.9. The molecule has 1 N–H and O–H groups in total. The molecule has 0 amide bonds. The normalized spacial score (nSPS) is 12.5. The first-order chi connectivity index (χ1) is 15.3. The summed E-state index contributed by atoms with van der Waals surface area (Å²) in [5.41, 5.74) is 3.38. The summed E-state index contributed by atoms with van der Waals surface area (Å²) in [5, 5.41) is 13.5. The second-order valence-corrected chi connectivity index (χ2v) is 9.51. The van der Waals surface area contributed by atoms with E-state index in [2.05, 4.69) is 26.3 Å². The number of nitriles is 1. The first-order valence-electron chi connectivity index (χ1n) is 10.3. The van der Waals surface area contributed by atoms with Crippen molar-refractivity contribution in [3.63, 3.8) is 0 Å². The number of ketones is 1. The third-order valence-electron chi connectivity index (χ3n) is 5.51. The van der Waals surface area contributed by atoms with Crippen LogP contribution in [0.2, 0.25) is 0 Å². The molecule has 0 saturated heterocycles. The fourth-order valence-corrected chi connectivity index (χ4v) is 4.30. The molecule has 4 aromatic rings. The van der Waals surface area contributed by atoms with Crippen molar-refractivity contribution in [2.24, 2.45) is 7.05 Å². The number of carbonyl (C=O) groups is 1. The number of aryl methyl sites for hydroxylation is 1. The minimum atomic E-state index is -0.562. The number of aromatic nitrogens is 4. The molecule has 0 saturated carbocycles. The smallest absolute Gasteiger partial charge is 0.187 e. The van der Waals surface area contributed by atoms with Crippen molar-refractivity contribution in [3.05, 3.63) is 65.2 Å². The zero-order chi connectivity index (χ0) is 22.9. The Balaban J connectivity index is 1.45. The van der Waals surface area contributed by atoms with Crippen LogP contribution in [0.1, 0.15) is 54.0 Å². The average Bonchev–Trinajstić information content (AvgIpc) is 3.40. The van der Waals surface area contributed by atoms with E-state index < -0.39 is 5.41 Å². The van der Waals surface area contributed by atoms with Crippen LogP contribution in [0.3, 0.4) is 0 Å². The van der Waals surface area contributed by atoms with E-state index in [1.807, 2.05) is 62.8 Å². The van der Waals surface area contributed by atoms with Crippen LogP contribution in [-0.2, 0) is 12.5 Å². The van der Waals surface area contributed by atoms with Gasteiger partial charge in [-0.3, -0.25) is 9.78 Å². The Morgan fingerprint density at radius 3 is 2.84 bits per heavy atom. The maximum absolute atomic E-state index is 12.8. The molecule has 0 aliphatic rings. The summed E-state index contributed by atoms with van der Waals surface area (Å²) in [7, 11) is 1.90. The van der Waals surface area contributed by atoms with Gasteiger partial charge in [-0.2, -0.15) is 5.26 Å². The van der Waals surface area contributed by atoms with E-state index in [-0.39, 0.29) is 11.7 Å². The number of nitrogens with zero attached hydrogens (tertiary/aromatic N) is 5. The fourth-order valence-electron chi connectivity index (χ4n) is 3.41. The summed E-state index contributed by atoms with van der Waals surface area (Å²) in [6.45, 7) is 5.81. The summed E-state index contributed by atoms with van der Waals surface area (Å²) in [6.07, 6.45) is 5.52. The maximum Gasteiger partial charge on any atom is 0.187 e. The minimum Gasteiger partial charge on any atom is -0.334 e. The number of imidazole rings is 1. The number of hydrogen-bond donors (Lipinski definition) is 1. The number of rotatable bonds is 7. The van der Waals surface area contributed by atoms with Crippen LogP contribution in [-0.4, -0.2) is 25.3 Å². The highest BCUT2D eigenvalue weighted by Crippen LogP contribution is 2.32. The molecule has 8 heteroatoms. The Kier molecular flexibility index (Phi) is 5.76. The van der Waals surface area contributed by atoms with E-state index in [4.69, 9.17) is 0 Å². The van der Waals surface area contributed by atoms with Crippen LogP contribution in [0.15, 0.2) is 49.1 Å². The summed E-state index contributed by atoms with van der Waals surface area (Å²) in [4.78, 5) is 26.8. The van der Waals surface area contributed by atoms with Gasteiger partial charge in [0, 0.05) is 30.2 Å². The van der Waals surface area contributed by atoms with Gasteiger partial charge in [0.25, 0.3) is 0 Å². The van der Waals surface area contributed by atoms with Crippen molar-refractivity contribution in [1.29, 1.82) is 5.26 Å². The molecule has 0 aliphatic heterocycles. The van der Waals surface area contributed by atoms with E-state index in [0.717, 1.165) is 32.3 Å². The number of nitrogens with one attached hydrogen (secondary N) is 1. The highest BCUT2D eigenvalue weighted by molar-refractivity contribution is 7.15. The van der Waals surface area contributed by atoms with Gasteiger partial charge in [-0.15, -0.1) is 11.3 Å². The molecule has 7 nitrogen and oxygen atoms in total. The Morgan fingerprint density at radius 1 is 1.25 bits per heavy atom. The number of benzene rings is 1. The van der Waals surface area contributed by atoms with Crippen LogP contribution in [0.25, 0.3) is 11.0 Å². The molecule has 0 radical (unpaired) electrons. The van der Waals surface area contributed by atoms with Gasteiger partial charge >= 0.3 is 0 Å². The molecular weight excluding hydrogens is 420 g/mol. The summed E-state index contributed by atoms with van der Waals surface area (Å²) in [5.74, 6) is 0.0124. The van der Waals surface area contributed by atoms with Crippen molar-refractivity contribution in [1.82, 2.24) is 19.5 Å². The van der Waals surface area contributed by atoms with E-state index in [0.29, 0.717) is 12.1 Å². The SMILES string of the molecule is CC(CC(=O)c1cc2c(cn1)ncn2C)c1cnc(Nc2cccc(C(C)(C)C#N)c2)s1. The Morgan fingerprint density at radius 2 is 2.06 bits per heavy atom. The van der Waals surface area contributed by atoms with Crippen LogP contribution in [0, 0.1) is 11.3 Å². The molecule has 0 spiro atoms. The number of Topliss-reactive ketones (excluding diaryl/α,β-unsaturated/α-hetero) is 1. The lowest BCUT2D eigenvalue weighted by Crippen LogP contribution is -2.13. The maximum atomic E-state index is 12.8. The molecule has 3 aromatic heterocycles. The van der Waals surface area contributed by atoms with Crippen molar-refractivity contribution in [3.8, 4) is 6.07 Å². The molecule has 0 fully saturated rings. The molecule has 1 atom stereocenters. The number of pyridine rings is 1. The minimum absolute atomic E-state index is 0.00468. The molecule has 32 heavy (non-hydrogen) atoms. The zero-order valence-electron chi connectivity index (χ0n) is 18.5. The number of carbonyl (C=O) groups excluding carboxylic acids is 1. The Hall–Kier alpha value is -3.57. The molecule has 1 aromatic carbocycles. The van der Waals surface area contributed by atoms with E-state index >= 15 is 0 Å². The highest BCUT2D eigenvalue weighted by atomic mass is 32.1. The molecule has 0 aliphatic carbocycles. The number of hydrogen-bond acceptors (Lipinski definition) is 7. The average molecular weight is 445 g/mol. The van der Waals surface area contributed by atoms with Crippen molar-refractivity contribution in [2.75, 3.05) is 5.32 Å². The number of thiazole rings is 1. The first kappa shape index (κ1) is 21.7. The molecular formula is C24H24N6OS. The third-order valence-corrected chi connectivity index (χ3v) is 6.66. The van der Waals surface area contributed by atoms with Gasteiger partial charge < -0.3 is 9.88 Å². The Labute approximate surface area is 190 Å². The lowest BCUT2D eigenvalue weighted by molar-refractivity contribution is 0.0971. The van der Waals surface area contributed by atoms with Crippen molar-refractivity contribution in [2.45, 2.75) is 38.5 Å². The third kappa shape index (κ3) is 4.39. The van der Waals surface area contributed by atoms with Crippen molar-refractivity contribution >= 4 is 39.0 Å². The highest BCUT2D eigenvalue weighted by Gasteiger charge is 2.20. The number of fused-ring (bicyclic) bond motifs is 1. The largest absolute Gasteiger partial charge is 0.334 e. The van der Waals surface area contributed by atoms with Crippen LogP contribution < -0.4 is 5.32 Å². The van der Waals surface area contributed by atoms with Crippen LogP contribution >= 0.6 is 11.3 Å². The van der Waals surface area contributed by atoms with Gasteiger partial charge in [-0.25, -0.2) is 9.97 Å². The molecule has 1 unspecified atom stereocenters. The Bertz CT molecular complexity index is 1330. The van der Waals surface area contributed by atoms with Crippen LogP contribution in [0.5, 0.6) is 0 Å². The first-order valence-corrected chi connectivity index (χ1v) is 11.1. The summed E-state index contributed by atoms with van der Waals surface area (Å²) >= 11 is 1.52. The van der Waals surface area contributed by atoms with E-state index in [9.17, 15) is 10.1 Å². The molecule has 4 rings (SSSR count). The topological polar surface area (TPSA) is 96.5 Å². The molecule has 162 valence electrons. The van der Waals surface area contributed by atoms with Crippen LogP contribution in [0.4, 0.5) is 10.8 Å². The fraction of sp³-hybridized carbons (Fsp3) is 0.292. The number of anilines is 2. The monoisotopic (exact) mass is 444 g/mol. The van der Waals surface area contributed by atoms with E-state index in [1.54, 1.807) is 18.6 Å². The van der Waals surface area contributed by atoms with Crippen molar-refractivity contribution < 1.29 is 4.79 Å². The second kappa shape index (κ2) is 8.52. The molecule has 0 bridgehead atoms. The van der Waals surface area contributed by atoms with Gasteiger partial charge in [0.2, 0.25) is 0 Å². The molecule has 3 heterocycles. The van der Waals surface area contributed by atoms with Gasteiger partial charge in [0.1, 0.15) is 11.2 Å². The summed E-state index contributed by atoms with van der Waals surface area (Å²) < 4.78 is 1.88. The zero-order valence-corrected chi connectivity index (χ0v) is 19.3. The predicted octanol–water partition coefficient (Wildman–Crippen LogP) is 5.35. The quantitative estimate of drug-likeness (QED) is 0.386. The van der Waals surface area contributed by atoms with Gasteiger partial charge in [0.15, 0.2) is 10.9 Å². The lowest BCUT2D eigenvalue weighted by atomic mass is 9.86. The second-order valence-electron chi connectivity index (χ2n) is 8.45. The van der Waals surface area contributed by atoms with Gasteiger partial charge in [-0.1, -0.05) is 19.1 Å². The van der Waals surface area contributed by atoms with Gasteiger partial charge in [-0.05, 0) is 43.5 Å². The standard InChI is InChI=1S/C24H24N6OS/c1-15(8-21(31)18-10-20-19(11-26-18)28-14-30(20)4)22-12-27-23(32-22)29-17-7-5-6-16(9-17)24(2,3)13-25/h5-7,9-12,14-15H,8H2,1-4H3,(H,27,29).